The summed E-state index contributed by atoms with van der Waals surface area (Å²) in [5, 5.41) is 34.7. The average molecular weight is 1310 g/mol. The van der Waals surface area contributed by atoms with Crippen LogP contribution in [0.5, 0.6) is 0 Å². The minimum atomic E-state index is -1.02. The third-order valence-corrected chi connectivity index (χ3v) is 14.6. The van der Waals surface area contributed by atoms with E-state index < -0.39 is 122 Å². The number of halogens is 1. The first kappa shape index (κ1) is 63.5. The number of benzene rings is 1. The molecule has 0 bridgehead atoms. The molecule has 4 heterocycles. The molecule has 1 saturated carbocycles. The number of aldehydes is 1. The fraction of sp³-hybridized carbons (Fsp3) is 0.481. The van der Waals surface area contributed by atoms with Gasteiger partial charge in [-0.3, -0.25) is 24.0 Å². The zero-order valence-corrected chi connectivity index (χ0v) is 48.4. The molecule has 4 atom stereocenters. The maximum absolute atomic E-state index is 15.3. The molecular formula is C52H64FN10O16Pb. The number of nitrogens with one attached hydrogen (secondary N) is 7. The molecule has 3 aromatic rings. The van der Waals surface area contributed by atoms with Gasteiger partial charge in [0.25, 0.3) is 17.4 Å². The third kappa shape index (κ3) is 17.1. The number of imide groups is 1. The molecule has 8 amide bonds. The van der Waals surface area contributed by atoms with Crippen LogP contribution in [0.15, 0.2) is 29.1 Å². The Morgan fingerprint density at radius 2 is 1.54 bits per heavy atom. The number of carboxylic acids is 2. The summed E-state index contributed by atoms with van der Waals surface area (Å²) in [5.74, 6) is -8.38. The van der Waals surface area contributed by atoms with Crippen molar-refractivity contribution in [3.8, 4) is 11.4 Å². The van der Waals surface area contributed by atoms with Crippen molar-refractivity contribution in [1.29, 1.82) is 0 Å². The van der Waals surface area contributed by atoms with Crippen LogP contribution < -0.4 is 42.8 Å². The van der Waals surface area contributed by atoms with Crippen molar-refractivity contribution in [2.75, 3.05) is 53.7 Å². The third-order valence-electron chi connectivity index (χ3n) is 13.0. The van der Waals surface area contributed by atoms with Crippen molar-refractivity contribution >= 4 is 102 Å². The van der Waals surface area contributed by atoms with Crippen LogP contribution in [-0.2, 0) is 81.8 Å². The summed E-state index contributed by atoms with van der Waals surface area (Å²) in [7, 11) is 2.95. The van der Waals surface area contributed by atoms with Crippen LogP contribution >= 0.6 is 0 Å². The molecular weight excluding hydrogens is 1250 g/mol. The number of aryl methyl sites for hydroxylation is 1. The first-order chi connectivity index (χ1) is 38.2. The zero-order chi connectivity index (χ0) is 58.8. The van der Waals surface area contributed by atoms with Crippen LogP contribution in [-0.4, -0.2) is 182 Å². The van der Waals surface area contributed by atoms with Crippen LogP contribution in [0.4, 0.5) is 4.39 Å². The Bertz CT molecular complexity index is 2980. The van der Waals surface area contributed by atoms with E-state index in [4.69, 9.17) is 24.7 Å². The molecule has 1 fully saturated rings. The van der Waals surface area contributed by atoms with Gasteiger partial charge in [0.05, 0.1) is 36.1 Å². The number of methoxy groups -OCH3 is 1. The average Bonchev–Trinajstić information content (AvgIpc) is 4.36. The summed E-state index contributed by atoms with van der Waals surface area (Å²) in [6, 6.07) is 0.785. The van der Waals surface area contributed by atoms with Crippen LogP contribution in [0, 0.1) is 12.7 Å². The van der Waals surface area contributed by atoms with Gasteiger partial charge in [-0.25, -0.2) is 9.37 Å². The second-order valence-corrected chi connectivity index (χ2v) is 20.3. The predicted molar refractivity (Wildman–Crippen MR) is 282 cm³/mol. The molecule has 0 saturated heterocycles. The summed E-state index contributed by atoms with van der Waals surface area (Å²) in [4.78, 5) is 150. The Morgan fingerprint density at radius 1 is 0.887 bits per heavy atom. The van der Waals surface area contributed by atoms with E-state index in [9.17, 15) is 57.5 Å². The van der Waals surface area contributed by atoms with E-state index in [0.717, 1.165) is 24.0 Å². The molecule has 80 heavy (non-hydrogen) atoms. The molecule has 429 valence electrons. The molecule has 9 N–H and O–H groups in total. The Labute approximate surface area is 473 Å². The maximum atomic E-state index is 15.3. The number of likely N-dealkylation sites (N-methyl/N-ethyl adjacent to an activating group) is 1. The number of fused-ring (bicyclic) bond motifs is 4. The fourth-order valence-electron chi connectivity index (χ4n) is 8.70. The van der Waals surface area contributed by atoms with Crippen LogP contribution in [0.3, 0.4) is 0 Å². The predicted octanol–water partition coefficient (Wildman–Crippen LogP) is -1.06. The van der Waals surface area contributed by atoms with E-state index in [-0.39, 0.29) is 42.3 Å². The van der Waals surface area contributed by atoms with E-state index >= 15 is 4.39 Å². The summed E-state index contributed by atoms with van der Waals surface area (Å²) >= 11 is 0.488. The minimum absolute atomic E-state index is 0.00542. The Hall–Kier alpha value is -7.38. The van der Waals surface area contributed by atoms with Crippen molar-refractivity contribution in [3.63, 3.8) is 0 Å². The molecule has 7 rings (SSSR count). The minimum Gasteiger partial charge on any atom is -0.481 e. The van der Waals surface area contributed by atoms with Crippen molar-refractivity contribution in [3.05, 3.63) is 73.8 Å². The summed E-state index contributed by atoms with van der Waals surface area (Å²) in [6.45, 7) is 0.671. The summed E-state index contributed by atoms with van der Waals surface area (Å²) < 4.78 is 27.9. The van der Waals surface area contributed by atoms with Gasteiger partial charge in [-0.2, -0.15) is 0 Å². The molecule has 2 aliphatic heterocycles. The molecule has 2 aromatic heterocycles. The standard InChI is InChI=1S/C43H47FN9O12.C6H11NO4.C3H6.Pb/c1-5-23(17-54)25-10-31-41-26(15-52(31)43(63)27(25)18-64-4)40-29(7-6-24-21(2)28(44)11-30(51-41)39(24)40)50-36(59)19-65-20-48-33(56)13-47-42(62)22(3)49-34(57)14-45-32(55)12-46-35(58)16-53-37(60)8-9-38(53)61;1-7-4(6(10)11)2-3-5(8)9;1-2-3-1;/h8-11,17,22-23,29H,3,5-7,12-16,18-20H2,1-2,4H3,(H,45,55)(H,46,58)(H,47,62)(H,48,56)(H,49,57)(H,50,59);4,7H,2-3H2,1H3,(H,8,9)(H,10,11);1-3H2;. The number of carbonyl (C=O) groups excluding carboxylic acids is 9. The molecule has 4 aliphatic rings. The molecule has 0 spiro atoms. The second-order valence-electron chi connectivity index (χ2n) is 18.8. The molecule has 26 nitrogen and oxygen atoms in total. The molecule has 3 radical (unpaired) electrons. The Morgan fingerprint density at radius 3 is 2.14 bits per heavy atom. The van der Waals surface area contributed by atoms with Crippen LogP contribution in [0.2, 0.25) is 3.98 Å². The monoisotopic (exact) mass is 1310 g/mol. The van der Waals surface area contributed by atoms with E-state index in [1.165, 1.54) is 39.5 Å². The normalized spacial score (nSPS) is 15.3. The number of hydrogen-bond donors (Lipinski definition) is 9. The Balaban J connectivity index is 0.000000736. The molecule has 4 unspecified atom stereocenters. The quantitative estimate of drug-likeness (QED) is 0.0119. The van der Waals surface area contributed by atoms with Crippen LogP contribution in [0.25, 0.3) is 22.3 Å². The van der Waals surface area contributed by atoms with Gasteiger partial charge in [0.2, 0.25) is 0 Å². The topological polar surface area (TPSA) is 369 Å². The SMILES string of the molecule is C1CC1.CCC(C=O)c1cc2n(c(=O)c1COC)Cc1c-2nc2cc(F)c(C)c3c2c1C(NC(=O)COCNC(=O)CNC(=O)C([CH2][Pb])NC(=O)CNC(=O)CNC(=O)CN1C(=O)C=CC1=O)CC3.CNC(CCC(=O)O)C(=O)O. The van der Waals surface area contributed by atoms with Crippen molar-refractivity contribution in [2.24, 2.45) is 0 Å². The molecule has 28 heteroatoms. The van der Waals surface area contributed by atoms with Gasteiger partial charge in [0, 0.05) is 54.2 Å². The van der Waals surface area contributed by atoms with Gasteiger partial charge in [-0.1, -0.05) is 26.2 Å². The number of aromatic nitrogens is 2. The first-order valence-corrected chi connectivity index (χ1v) is 28.3. The number of nitrogens with zero attached hydrogens (tertiary/aromatic N) is 3. The molecule has 1 aromatic carbocycles. The smallest absolute Gasteiger partial charge is 0.481 e. The number of aliphatic carboxylic acids is 2. The second kappa shape index (κ2) is 30.3. The van der Waals surface area contributed by atoms with E-state index in [1.54, 1.807) is 17.6 Å². The van der Waals surface area contributed by atoms with Crippen molar-refractivity contribution in [2.45, 2.75) is 106 Å². The molecule has 2 aliphatic carbocycles. The Kier molecular flexibility index (Phi) is 24.0. The summed E-state index contributed by atoms with van der Waals surface area (Å²) in [5.41, 5.74) is 4.48. The van der Waals surface area contributed by atoms with E-state index in [2.05, 4.69) is 37.2 Å². The number of hydrogen-bond acceptors (Lipinski definition) is 16. The number of pyridine rings is 2. The number of carbonyl (C=O) groups is 11. The first-order valence-electron chi connectivity index (χ1n) is 25.6. The number of rotatable bonds is 26. The summed E-state index contributed by atoms with van der Waals surface area (Å²) in [6.07, 6.45) is 8.60. The van der Waals surface area contributed by atoms with Gasteiger partial charge in [0.15, 0.2) is 0 Å². The number of amides is 8. The van der Waals surface area contributed by atoms with Gasteiger partial charge >= 0.3 is 193 Å². The van der Waals surface area contributed by atoms with Gasteiger partial charge in [-0.05, 0) is 68.0 Å². The van der Waals surface area contributed by atoms with Crippen molar-refractivity contribution < 1.29 is 76.8 Å². The zero-order valence-electron chi connectivity index (χ0n) is 44.5. The number of carboxylic acid groups (broad SMARTS) is 2. The van der Waals surface area contributed by atoms with E-state index in [1.807, 2.05) is 6.92 Å². The van der Waals surface area contributed by atoms with Gasteiger partial charge < -0.3 is 29.6 Å². The van der Waals surface area contributed by atoms with Crippen LogP contribution in [0.1, 0.15) is 97.2 Å². The number of ether oxygens (including phenoxy) is 2. The van der Waals surface area contributed by atoms with Crippen molar-refractivity contribution in [1.82, 2.24) is 51.7 Å². The van der Waals surface area contributed by atoms with Gasteiger partial charge in [0.1, 0.15) is 18.1 Å². The van der Waals surface area contributed by atoms with Gasteiger partial charge in [-0.15, -0.1) is 0 Å². The fourth-order valence-corrected chi connectivity index (χ4v) is 9.82. The van der Waals surface area contributed by atoms with E-state index in [0.29, 0.717) is 100 Å².